The summed E-state index contributed by atoms with van der Waals surface area (Å²) in [5.74, 6) is 1.05. The van der Waals surface area contributed by atoms with Crippen LogP contribution in [0.15, 0.2) is 29.3 Å². The van der Waals surface area contributed by atoms with Gasteiger partial charge in [-0.3, -0.25) is 4.99 Å². The first-order valence-electron chi connectivity index (χ1n) is 5.70. The van der Waals surface area contributed by atoms with Gasteiger partial charge in [-0.1, -0.05) is 24.3 Å². The van der Waals surface area contributed by atoms with Crippen LogP contribution in [0.25, 0.3) is 0 Å². The van der Waals surface area contributed by atoms with Gasteiger partial charge in [0.2, 0.25) is 0 Å². The molecule has 16 heavy (non-hydrogen) atoms. The van der Waals surface area contributed by atoms with E-state index >= 15 is 0 Å². The molecule has 0 saturated heterocycles. The zero-order valence-electron chi connectivity index (χ0n) is 9.85. The standard InChI is InChI=1S/C13H18N2O/c1-10(16)9-11-5-3-4-6-12(11)13-14-7-8-15(13)2/h3-6,10,16H,7-9H2,1-2H3. The highest BCUT2D eigenvalue weighted by atomic mass is 16.3. The molecule has 1 atom stereocenters. The van der Waals surface area contributed by atoms with Gasteiger partial charge in [-0.15, -0.1) is 0 Å². The minimum atomic E-state index is -0.312. The third-order valence-electron chi connectivity index (χ3n) is 2.83. The van der Waals surface area contributed by atoms with Crippen molar-refractivity contribution in [3.8, 4) is 0 Å². The molecule has 0 bridgehead atoms. The van der Waals surface area contributed by atoms with E-state index in [1.165, 1.54) is 5.56 Å². The monoisotopic (exact) mass is 218 g/mol. The maximum atomic E-state index is 9.49. The number of amidine groups is 1. The summed E-state index contributed by atoms with van der Waals surface area (Å²) in [6, 6.07) is 8.18. The molecular formula is C13H18N2O. The van der Waals surface area contributed by atoms with E-state index in [1.54, 1.807) is 0 Å². The molecule has 0 aliphatic carbocycles. The van der Waals surface area contributed by atoms with Crippen LogP contribution < -0.4 is 0 Å². The molecule has 1 aromatic rings. The first-order chi connectivity index (χ1) is 7.68. The number of hydrogen-bond acceptors (Lipinski definition) is 3. The van der Waals surface area contributed by atoms with Crippen LogP contribution in [-0.2, 0) is 6.42 Å². The zero-order valence-corrected chi connectivity index (χ0v) is 9.85. The maximum Gasteiger partial charge on any atom is 0.131 e. The van der Waals surface area contributed by atoms with Gasteiger partial charge in [-0.2, -0.15) is 0 Å². The number of rotatable bonds is 3. The van der Waals surface area contributed by atoms with Gasteiger partial charge >= 0.3 is 0 Å². The van der Waals surface area contributed by atoms with Crippen molar-refractivity contribution in [2.24, 2.45) is 4.99 Å². The van der Waals surface area contributed by atoms with Gasteiger partial charge in [-0.05, 0) is 18.9 Å². The minimum Gasteiger partial charge on any atom is -0.393 e. The highest BCUT2D eigenvalue weighted by Gasteiger charge is 2.17. The van der Waals surface area contributed by atoms with Crippen molar-refractivity contribution in [2.45, 2.75) is 19.4 Å². The predicted octanol–water partition coefficient (Wildman–Crippen LogP) is 1.30. The summed E-state index contributed by atoms with van der Waals surface area (Å²) in [7, 11) is 2.06. The van der Waals surface area contributed by atoms with Crippen LogP contribution in [0.5, 0.6) is 0 Å². The average Bonchev–Trinajstić information content (AvgIpc) is 2.64. The molecule has 3 nitrogen and oxygen atoms in total. The zero-order chi connectivity index (χ0) is 11.5. The SMILES string of the molecule is CC(O)Cc1ccccc1C1=NCCN1C. The number of aliphatic hydroxyl groups is 1. The Labute approximate surface area is 96.4 Å². The summed E-state index contributed by atoms with van der Waals surface area (Å²) in [5.41, 5.74) is 2.33. The Hall–Kier alpha value is -1.35. The summed E-state index contributed by atoms with van der Waals surface area (Å²) < 4.78 is 0. The molecule has 0 amide bonds. The fraction of sp³-hybridized carbons (Fsp3) is 0.462. The van der Waals surface area contributed by atoms with Crippen LogP contribution in [0, 0.1) is 0 Å². The van der Waals surface area contributed by atoms with Gasteiger partial charge in [0.15, 0.2) is 0 Å². The predicted molar refractivity (Wildman–Crippen MR) is 65.9 cm³/mol. The fourth-order valence-corrected chi connectivity index (χ4v) is 2.06. The Bertz CT molecular complexity index is 399. The third kappa shape index (κ3) is 2.25. The molecule has 0 radical (unpaired) electrons. The Morgan fingerprint density at radius 3 is 2.81 bits per heavy atom. The van der Waals surface area contributed by atoms with Crippen molar-refractivity contribution in [1.82, 2.24) is 4.90 Å². The smallest absolute Gasteiger partial charge is 0.131 e. The largest absolute Gasteiger partial charge is 0.393 e. The molecule has 1 aliphatic heterocycles. The second-order valence-electron chi connectivity index (χ2n) is 4.34. The summed E-state index contributed by atoms with van der Waals surface area (Å²) >= 11 is 0. The van der Waals surface area contributed by atoms with Crippen molar-refractivity contribution >= 4 is 5.84 Å². The molecule has 0 fully saturated rings. The number of hydrogen-bond donors (Lipinski definition) is 1. The molecule has 1 unspecified atom stereocenters. The molecule has 1 heterocycles. The first-order valence-corrected chi connectivity index (χ1v) is 5.70. The van der Waals surface area contributed by atoms with Gasteiger partial charge in [0.05, 0.1) is 12.6 Å². The maximum absolute atomic E-state index is 9.49. The molecule has 1 aromatic carbocycles. The van der Waals surface area contributed by atoms with Crippen LogP contribution in [-0.4, -0.2) is 42.1 Å². The van der Waals surface area contributed by atoms with Crippen molar-refractivity contribution in [1.29, 1.82) is 0 Å². The molecule has 0 spiro atoms. The van der Waals surface area contributed by atoms with E-state index in [0.29, 0.717) is 6.42 Å². The quantitative estimate of drug-likeness (QED) is 0.830. The van der Waals surface area contributed by atoms with Gasteiger partial charge in [0.1, 0.15) is 5.84 Å². The van der Waals surface area contributed by atoms with Gasteiger partial charge in [0.25, 0.3) is 0 Å². The van der Waals surface area contributed by atoms with Gasteiger partial charge in [0, 0.05) is 19.2 Å². The number of nitrogens with zero attached hydrogens (tertiary/aromatic N) is 2. The van der Waals surface area contributed by atoms with Crippen LogP contribution in [0.3, 0.4) is 0 Å². The van der Waals surface area contributed by atoms with Crippen molar-refractivity contribution in [3.63, 3.8) is 0 Å². The van der Waals surface area contributed by atoms with Gasteiger partial charge in [-0.25, -0.2) is 0 Å². The molecule has 1 aliphatic rings. The second-order valence-corrected chi connectivity index (χ2v) is 4.34. The lowest BCUT2D eigenvalue weighted by Gasteiger charge is -2.17. The van der Waals surface area contributed by atoms with Crippen molar-refractivity contribution in [2.75, 3.05) is 20.1 Å². The average molecular weight is 218 g/mol. The van der Waals surface area contributed by atoms with E-state index in [0.717, 1.165) is 24.5 Å². The number of likely N-dealkylation sites (N-methyl/N-ethyl adjacent to an activating group) is 1. The Morgan fingerprint density at radius 2 is 2.19 bits per heavy atom. The summed E-state index contributed by atoms with van der Waals surface area (Å²) in [6.07, 6.45) is 0.372. The first kappa shape index (κ1) is 11.1. The molecule has 0 saturated carbocycles. The normalized spacial score (nSPS) is 17.4. The molecule has 1 N–H and O–H groups in total. The molecular weight excluding hydrogens is 200 g/mol. The Balaban J connectivity index is 2.32. The van der Waals surface area contributed by atoms with Crippen LogP contribution in [0.2, 0.25) is 0 Å². The van der Waals surface area contributed by atoms with E-state index in [9.17, 15) is 5.11 Å². The highest BCUT2D eigenvalue weighted by molar-refractivity contribution is 6.00. The van der Waals surface area contributed by atoms with E-state index < -0.39 is 0 Å². The molecule has 0 aromatic heterocycles. The third-order valence-corrected chi connectivity index (χ3v) is 2.83. The number of aliphatic imine (C=N–C) groups is 1. The summed E-state index contributed by atoms with van der Waals surface area (Å²) in [6.45, 7) is 3.67. The number of aliphatic hydroxyl groups excluding tert-OH is 1. The lowest BCUT2D eigenvalue weighted by Crippen LogP contribution is -2.25. The van der Waals surface area contributed by atoms with Gasteiger partial charge < -0.3 is 10.0 Å². The van der Waals surface area contributed by atoms with Crippen molar-refractivity contribution < 1.29 is 5.11 Å². The van der Waals surface area contributed by atoms with Crippen LogP contribution in [0.1, 0.15) is 18.1 Å². The summed E-state index contributed by atoms with van der Waals surface area (Å²) in [5, 5.41) is 9.49. The fourth-order valence-electron chi connectivity index (χ4n) is 2.06. The van der Waals surface area contributed by atoms with Crippen LogP contribution in [0.4, 0.5) is 0 Å². The highest BCUT2D eigenvalue weighted by Crippen LogP contribution is 2.16. The molecule has 86 valence electrons. The topological polar surface area (TPSA) is 35.8 Å². The minimum absolute atomic E-state index is 0.312. The Kier molecular flexibility index (Phi) is 3.25. The lowest BCUT2D eigenvalue weighted by atomic mass is 10.0. The second kappa shape index (κ2) is 4.66. The van der Waals surface area contributed by atoms with E-state index in [4.69, 9.17) is 0 Å². The van der Waals surface area contributed by atoms with Crippen molar-refractivity contribution in [3.05, 3.63) is 35.4 Å². The van der Waals surface area contributed by atoms with E-state index in [2.05, 4.69) is 29.1 Å². The van der Waals surface area contributed by atoms with E-state index in [1.807, 2.05) is 19.1 Å². The number of benzene rings is 1. The molecule has 3 heteroatoms. The Morgan fingerprint density at radius 1 is 1.44 bits per heavy atom. The van der Waals surface area contributed by atoms with E-state index in [-0.39, 0.29) is 6.10 Å². The summed E-state index contributed by atoms with van der Waals surface area (Å²) in [4.78, 5) is 6.68. The van der Waals surface area contributed by atoms with Crippen LogP contribution >= 0.6 is 0 Å². The molecule has 2 rings (SSSR count). The lowest BCUT2D eigenvalue weighted by molar-refractivity contribution is 0.195.